The summed E-state index contributed by atoms with van der Waals surface area (Å²) >= 11 is 1.05. The maximum atomic E-state index is 13.0. The van der Waals surface area contributed by atoms with Crippen molar-refractivity contribution in [3.05, 3.63) is 46.4 Å². The van der Waals surface area contributed by atoms with Crippen LogP contribution in [0.2, 0.25) is 0 Å². The standard InChI is InChI=1S/C17H16N4O4S2/c1-20-13-12(14-15(20)19-17(26-14)27(3,23)24)8-18-21(16(13)22)9-10-5-4-6-11(7-10)25-2/h4-8H,9H2,1-3H3. The van der Waals surface area contributed by atoms with Gasteiger partial charge in [-0.2, -0.15) is 5.10 Å². The molecule has 0 aliphatic rings. The van der Waals surface area contributed by atoms with Crippen molar-refractivity contribution in [1.29, 1.82) is 0 Å². The second-order valence-electron chi connectivity index (χ2n) is 6.18. The first kappa shape index (κ1) is 17.7. The molecule has 4 rings (SSSR count). The summed E-state index contributed by atoms with van der Waals surface area (Å²) in [5.41, 5.74) is 1.54. The molecule has 0 aliphatic heterocycles. The number of thiazole rings is 1. The Morgan fingerprint density at radius 2 is 2.07 bits per heavy atom. The first-order valence-electron chi connectivity index (χ1n) is 7.97. The largest absolute Gasteiger partial charge is 0.497 e. The van der Waals surface area contributed by atoms with E-state index in [1.54, 1.807) is 24.9 Å². The fourth-order valence-electron chi connectivity index (χ4n) is 2.99. The molecule has 0 radical (unpaired) electrons. The fraction of sp³-hybridized carbons (Fsp3) is 0.235. The summed E-state index contributed by atoms with van der Waals surface area (Å²) in [6.45, 7) is 0.298. The Balaban J connectivity index is 1.87. The summed E-state index contributed by atoms with van der Waals surface area (Å²) in [7, 11) is -0.118. The second-order valence-corrected chi connectivity index (χ2v) is 9.37. The lowest BCUT2D eigenvalue weighted by Gasteiger charge is -2.07. The van der Waals surface area contributed by atoms with Gasteiger partial charge >= 0.3 is 0 Å². The molecule has 0 saturated heterocycles. The lowest BCUT2D eigenvalue weighted by molar-refractivity contribution is 0.414. The predicted octanol–water partition coefficient (Wildman–Crippen LogP) is 1.81. The molecule has 0 bridgehead atoms. The lowest BCUT2D eigenvalue weighted by atomic mass is 10.2. The van der Waals surface area contributed by atoms with Crippen molar-refractivity contribution >= 4 is 42.4 Å². The number of aromatic nitrogens is 4. The molecular formula is C17H16N4O4S2. The van der Waals surface area contributed by atoms with Crippen molar-refractivity contribution < 1.29 is 13.2 Å². The number of hydrogen-bond donors (Lipinski definition) is 0. The van der Waals surface area contributed by atoms with E-state index in [4.69, 9.17) is 4.74 Å². The van der Waals surface area contributed by atoms with Gasteiger partial charge < -0.3 is 9.30 Å². The Labute approximate surface area is 158 Å². The Morgan fingerprint density at radius 1 is 1.30 bits per heavy atom. The van der Waals surface area contributed by atoms with E-state index in [-0.39, 0.29) is 9.90 Å². The number of benzene rings is 1. The van der Waals surface area contributed by atoms with Crippen molar-refractivity contribution in [2.75, 3.05) is 13.4 Å². The molecule has 0 aliphatic carbocycles. The molecule has 1 aromatic carbocycles. The van der Waals surface area contributed by atoms with Gasteiger partial charge in [-0.25, -0.2) is 18.1 Å². The fourth-order valence-corrected chi connectivity index (χ4v) is 4.93. The van der Waals surface area contributed by atoms with Gasteiger partial charge in [-0.3, -0.25) is 4.79 Å². The number of nitrogens with zero attached hydrogens (tertiary/aromatic N) is 4. The molecule has 0 atom stereocenters. The van der Waals surface area contributed by atoms with E-state index in [2.05, 4.69) is 10.1 Å². The second kappa shape index (κ2) is 6.17. The molecule has 0 saturated carbocycles. The average molecular weight is 404 g/mol. The Bertz CT molecular complexity index is 1350. The zero-order valence-electron chi connectivity index (χ0n) is 14.8. The molecule has 3 aromatic heterocycles. The summed E-state index contributed by atoms with van der Waals surface area (Å²) in [6, 6.07) is 7.43. The van der Waals surface area contributed by atoms with Gasteiger partial charge in [-0.05, 0) is 17.7 Å². The van der Waals surface area contributed by atoms with Gasteiger partial charge in [0.25, 0.3) is 5.56 Å². The quantitative estimate of drug-likeness (QED) is 0.515. The maximum Gasteiger partial charge on any atom is 0.291 e. The van der Waals surface area contributed by atoms with E-state index in [0.29, 0.717) is 33.5 Å². The van der Waals surface area contributed by atoms with Crippen LogP contribution in [-0.4, -0.2) is 41.1 Å². The van der Waals surface area contributed by atoms with E-state index >= 15 is 0 Å². The van der Waals surface area contributed by atoms with Crippen molar-refractivity contribution in [3.8, 4) is 5.75 Å². The van der Waals surface area contributed by atoms with Gasteiger partial charge in [-0.1, -0.05) is 12.1 Å². The monoisotopic (exact) mass is 404 g/mol. The highest BCUT2D eigenvalue weighted by Crippen LogP contribution is 2.32. The van der Waals surface area contributed by atoms with Crippen molar-refractivity contribution in [2.45, 2.75) is 10.9 Å². The highest BCUT2D eigenvalue weighted by molar-refractivity contribution is 7.92. The van der Waals surface area contributed by atoms with E-state index in [0.717, 1.165) is 23.2 Å². The van der Waals surface area contributed by atoms with Gasteiger partial charge in [0, 0.05) is 18.7 Å². The average Bonchev–Trinajstić information content (AvgIpc) is 3.17. The van der Waals surface area contributed by atoms with Crippen LogP contribution in [0.1, 0.15) is 5.56 Å². The lowest BCUT2D eigenvalue weighted by Crippen LogP contribution is -2.24. The summed E-state index contributed by atoms with van der Waals surface area (Å²) in [5, 5.41) is 4.88. The van der Waals surface area contributed by atoms with E-state index in [1.807, 2.05) is 24.3 Å². The SMILES string of the molecule is COc1cccc(Cn2ncc3c4sc(S(C)(=O)=O)nc4n(C)c3c2=O)c1. The van der Waals surface area contributed by atoms with E-state index in [9.17, 15) is 13.2 Å². The Hall–Kier alpha value is -2.72. The highest BCUT2D eigenvalue weighted by atomic mass is 32.2. The Kier molecular flexibility index (Phi) is 4.04. The van der Waals surface area contributed by atoms with E-state index in [1.165, 1.54) is 4.68 Å². The van der Waals surface area contributed by atoms with Gasteiger partial charge in [0.05, 0.1) is 24.6 Å². The summed E-state index contributed by atoms with van der Waals surface area (Å²) < 4.78 is 32.4. The van der Waals surface area contributed by atoms with Crippen LogP contribution < -0.4 is 10.3 Å². The molecule has 27 heavy (non-hydrogen) atoms. The number of sulfone groups is 1. The van der Waals surface area contributed by atoms with Crippen LogP contribution in [-0.2, 0) is 23.4 Å². The van der Waals surface area contributed by atoms with Gasteiger partial charge in [0.1, 0.15) is 11.3 Å². The van der Waals surface area contributed by atoms with Crippen LogP contribution >= 0.6 is 11.3 Å². The number of rotatable bonds is 4. The molecule has 3 heterocycles. The molecular weight excluding hydrogens is 388 g/mol. The Morgan fingerprint density at radius 3 is 2.78 bits per heavy atom. The van der Waals surface area contributed by atoms with Crippen LogP contribution in [0.3, 0.4) is 0 Å². The molecule has 8 nitrogen and oxygen atoms in total. The third kappa shape index (κ3) is 2.90. The van der Waals surface area contributed by atoms with Crippen LogP contribution in [0.15, 0.2) is 39.6 Å². The third-order valence-corrected chi connectivity index (χ3v) is 7.05. The molecule has 0 N–H and O–H groups in total. The minimum Gasteiger partial charge on any atom is -0.497 e. The van der Waals surface area contributed by atoms with Gasteiger partial charge in [0.2, 0.25) is 14.2 Å². The summed E-state index contributed by atoms with van der Waals surface area (Å²) in [5.74, 6) is 0.707. The number of fused-ring (bicyclic) bond motifs is 3. The molecule has 0 unspecified atom stereocenters. The minimum absolute atomic E-state index is 0.0329. The topological polar surface area (TPSA) is 96.1 Å². The maximum absolute atomic E-state index is 13.0. The molecule has 10 heteroatoms. The zero-order valence-corrected chi connectivity index (χ0v) is 16.5. The van der Waals surface area contributed by atoms with Crippen molar-refractivity contribution in [1.82, 2.24) is 19.3 Å². The molecule has 0 fully saturated rings. The zero-order chi connectivity index (χ0) is 19.3. The van der Waals surface area contributed by atoms with Crippen molar-refractivity contribution in [3.63, 3.8) is 0 Å². The molecule has 4 aromatic rings. The van der Waals surface area contributed by atoms with E-state index < -0.39 is 9.84 Å². The van der Waals surface area contributed by atoms with Crippen LogP contribution in [0.25, 0.3) is 21.3 Å². The normalized spacial score (nSPS) is 12.1. The predicted molar refractivity (Wildman–Crippen MR) is 103 cm³/mol. The van der Waals surface area contributed by atoms with Crippen LogP contribution in [0, 0.1) is 0 Å². The van der Waals surface area contributed by atoms with Gasteiger partial charge in [-0.15, -0.1) is 11.3 Å². The van der Waals surface area contributed by atoms with Crippen molar-refractivity contribution in [2.24, 2.45) is 7.05 Å². The number of hydrogen-bond acceptors (Lipinski definition) is 7. The summed E-state index contributed by atoms with van der Waals surface area (Å²) in [6.07, 6.45) is 2.70. The first-order valence-corrected chi connectivity index (χ1v) is 10.7. The molecule has 140 valence electrons. The summed E-state index contributed by atoms with van der Waals surface area (Å²) in [4.78, 5) is 17.2. The van der Waals surface area contributed by atoms with Gasteiger partial charge in [0.15, 0.2) is 5.65 Å². The molecule has 0 amide bonds. The number of ether oxygens (including phenoxy) is 1. The smallest absolute Gasteiger partial charge is 0.291 e. The third-order valence-electron chi connectivity index (χ3n) is 4.29. The number of methoxy groups -OCH3 is 1. The molecule has 0 spiro atoms. The minimum atomic E-state index is -3.41. The van der Waals surface area contributed by atoms with Crippen LogP contribution in [0.4, 0.5) is 0 Å². The highest BCUT2D eigenvalue weighted by Gasteiger charge is 2.21. The van der Waals surface area contributed by atoms with Crippen LogP contribution in [0.5, 0.6) is 5.75 Å². The number of aryl methyl sites for hydroxylation is 1. The first-order chi connectivity index (χ1) is 12.8.